The number of nitrogens with zero attached hydrogens (tertiary/aromatic N) is 1. The monoisotopic (exact) mass is 382 g/mol. The van der Waals surface area contributed by atoms with Crippen LogP contribution in [0.4, 0.5) is 0 Å². The van der Waals surface area contributed by atoms with Crippen molar-refractivity contribution in [1.29, 1.82) is 0 Å². The lowest BCUT2D eigenvalue weighted by Crippen LogP contribution is -2.36. The highest BCUT2D eigenvalue weighted by molar-refractivity contribution is 5.90. The van der Waals surface area contributed by atoms with Gasteiger partial charge in [0, 0.05) is 32.2 Å². The molecular weight excluding hydrogens is 356 g/mol. The summed E-state index contributed by atoms with van der Waals surface area (Å²) in [6.45, 7) is 1.25. The molecule has 6 heteroatoms. The molecule has 1 heterocycles. The Bertz CT molecular complexity index is 809. The van der Waals surface area contributed by atoms with Crippen molar-refractivity contribution in [2.75, 3.05) is 27.4 Å². The molecule has 1 fully saturated rings. The Morgan fingerprint density at radius 3 is 2.54 bits per heavy atom. The van der Waals surface area contributed by atoms with E-state index in [0.717, 1.165) is 16.9 Å². The van der Waals surface area contributed by atoms with Crippen LogP contribution in [0, 0.1) is 5.92 Å². The number of hydrogen-bond acceptors (Lipinski definition) is 4. The number of likely N-dealkylation sites (tertiary alicyclic amines) is 1. The quantitative estimate of drug-likeness (QED) is 0.762. The molecule has 2 aromatic rings. The molecule has 0 bridgehead atoms. The number of nitrogens with one attached hydrogen (secondary N) is 1. The van der Waals surface area contributed by atoms with Crippen LogP contribution in [0.25, 0.3) is 0 Å². The zero-order valence-electron chi connectivity index (χ0n) is 16.3. The summed E-state index contributed by atoms with van der Waals surface area (Å²) < 4.78 is 10.5. The first-order valence-corrected chi connectivity index (χ1v) is 9.38. The molecule has 6 nitrogen and oxygen atoms in total. The summed E-state index contributed by atoms with van der Waals surface area (Å²) in [5.74, 6) is 0.129. The summed E-state index contributed by atoms with van der Waals surface area (Å²) in [5.41, 5.74) is 1.86. The number of benzene rings is 2. The second kappa shape index (κ2) is 9.37. The number of carbonyl (C=O) groups excluding carboxylic acids is 2. The summed E-state index contributed by atoms with van der Waals surface area (Å²) in [4.78, 5) is 27.4. The lowest BCUT2D eigenvalue weighted by atomic mass is 9.92. The van der Waals surface area contributed by atoms with Crippen LogP contribution in [-0.2, 0) is 20.9 Å². The summed E-state index contributed by atoms with van der Waals surface area (Å²) >= 11 is 0. The Hall–Kier alpha value is -2.86. The SMILES string of the molecule is COCCN1C(=O)C[C@@H](C(=O)NCc2ccccc2OC)[C@@H]1c1ccccc1. The van der Waals surface area contributed by atoms with Crippen molar-refractivity contribution in [3.63, 3.8) is 0 Å². The lowest BCUT2D eigenvalue weighted by molar-refractivity contribution is -0.129. The van der Waals surface area contributed by atoms with Gasteiger partial charge in [0.25, 0.3) is 0 Å². The van der Waals surface area contributed by atoms with Gasteiger partial charge in [-0.1, -0.05) is 48.5 Å². The van der Waals surface area contributed by atoms with E-state index in [1.165, 1.54) is 0 Å². The molecule has 2 aromatic carbocycles. The number of rotatable bonds is 8. The Morgan fingerprint density at radius 1 is 1.11 bits per heavy atom. The minimum atomic E-state index is -0.443. The van der Waals surface area contributed by atoms with Gasteiger partial charge in [0.05, 0.1) is 25.7 Å². The van der Waals surface area contributed by atoms with E-state index in [1.807, 2.05) is 54.6 Å². The molecule has 0 spiro atoms. The van der Waals surface area contributed by atoms with Crippen LogP contribution in [0.1, 0.15) is 23.6 Å². The Morgan fingerprint density at radius 2 is 1.82 bits per heavy atom. The second-order valence-electron chi connectivity index (χ2n) is 6.78. The first-order valence-electron chi connectivity index (χ1n) is 9.38. The largest absolute Gasteiger partial charge is 0.496 e. The van der Waals surface area contributed by atoms with E-state index in [9.17, 15) is 9.59 Å². The highest BCUT2D eigenvalue weighted by Gasteiger charge is 2.44. The lowest BCUT2D eigenvalue weighted by Gasteiger charge is -2.28. The average Bonchev–Trinajstić information content (AvgIpc) is 3.07. The van der Waals surface area contributed by atoms with Gasteiger partial charge < -0.3 is 19.7 Å². The maximum absolute atomic E-state index is 13.0. The van der Waals surface area contributed by atoms with Gasteiger partial charge in [-0.3, -0.25) is 9.59 Å². The topological polar surface area (TPSA) is 67.9 Å². The van der Waals surface area contributed by atoms with Crippen molar-refractivity contribution in [1.82, 2.24) is 10.2 Å². The zero-order valence-corrected chi connectivity index (χ0v) is 16.3. The summed E-state index contributed by atoms with van der Waals surface area (Å²) in [6, 6.07) is 17.0. The molecule has 1 aliphatic rings. The predicted octanol–water partition coefficient (Wildman–Crippen LogP) is 2.55. The molecule has 28 heavy (non-hydrogen) atoms. The third-order valence-electron chi connectivity index (χ3n) is 5.09. The molecular formula is C22H26N2O4. The third kappa shape index (κ3) is 4.34. The number of ether oxygens (including phenoxy) is 2. The molecule has 2 amide bonds. The van der Waals surface area contributed by atoms with Crippen LogP contribution >= 0.6 is 0 Å². The van der Waals surface area contributed by atoms with Gasteiger partial charge in [-0.05, 0) is 11.6 Å². The Kier molecular flexibility index (Phi) is 6.66. The van der Waals surface area contributed by atoms with E-state index in [1.54, 1.807) is 19.1 Å². The van der Waals surface area contributed by atoms with Crippen LogP contribution in [-0.4, -0.2) is 44.1 Å². The van der Waals surface area contributed by atoms with Crippen molar-refractivity contribution in [3.8, 4) is 5.75 Å². The number of amides is 2. The maximum Gasteiger partial charge on any atom is 0.226 e. The third-order valence-corrected chi connectivity index (χ3v) is 5.09. The molecule has 1 N–H and O–H groups in total. The fraction of sp³-hybridized carbons (Fsp3) is 0.364. The van der Waals surface area contributed by atoms with Crippen LogP contribution in [0.5, 0.6) is 5.75 Å². The average molecular weight is 382 g/mol. The van der Waals surface area contributed by atoms with Crippen LogP contribution in [0.3, 0.4) is 0 Å². The smallest absolute Gasteiger partial charge is 0.226 e. The minimum Gasteiger partial charge on any atom is -0.496 e. The molecule has 148 valence electrons. The normalized spacial score (nSPS) is 18.9. The van der Waals surface area contributed by atoms with Gasteiger partial charge in [-0.15, -0.1) is 0 Å². The molecule has 0 aromatic heterocycles. The Balaban J connectivity index is 1.78. The highest BCUT2D eigenvalue weighted by atomic mass is 16.5. The van der Waals surface area contributed by atoms with E-state index in [4.69, 9.17) is 9.47 Å². The van der Waals surface area contributed by atoms with Crippen molar-refractivity contribution in [2.45, 2.75) is 19.0 Å². The van der Waals surface area contributed by atoms with Gasteiger partial charge in [0.15, 0.2) is 0 Å². The van der Waals surface area contributed by atoms with Gasteiger partial charge >= 0.3 is 0 Å². The highest BCUT2D eigenvalue weighted by Crippen LogP contribution is 2.38. The van der Waals surface area contributed by atoms with Crippen LogP contribution in [0.2, 0.25) is 0 Å². The van der Waals surface area contributed by atoms with Crippen molar-refractivity contribution in [2.24, 2.45) is 5.92 Å². The van der Waals surface area contributed by atoms with Gasteiger partial charge in [0.1, 0.15) is 5.75 Å². The van der Waals surface area contributed by atoms with Crippen LogP contribution in [0.15, 0.2) is 54.6 Å². The summed E-state index contributed by atoms with van der Waals surface area (Å²) in [6.07, 6.45) is 0.195. The minimum absolute atomic E-state index is 0.0247. The number of methoxy groups -OCH3 is 2. The molecule has 0 aliphatic carbocycles. The van der Waals surface area contributed by atoms with Gasteiger partial charge in [-0.2, -0.15) is 0 Å². The molecule has 1 aliphatic heterocycles. The van der Waals surface area contributed by atoms with E-state index in [2.05, 4.69) is 5.32 Å². The van der Waals surface area contributed by atoms with Gasteiger partial charge in [-0.25, -0.2) is 0 Å². The van der Waals surface area contributed by atoms with E-state index >= 15 is 0 Å². The predicted molar refractivity (Wildman–Crippen MR) is 106 cm³/mol. The van der Waals surface area contributed by atoms with Crippen LogP contribution < -0.4 is 10.1 Å². The molecule has 2 atom stereocenters. The van der Waals surface area contributed by atoms with E-state index in [0.29, 0.717) is 19.7 Å². The molecule has 1 saturated heterocycles. The summed E-state index contributed by atoms with van der Waals surface area (Å²) in [7, 11) is 3.21. The second-order valence-corrected chi connectivity index (χ2v) is 6.78. The fourth-order valence-electron chi connectivity index (χ4n) is 3.70. The molecule has 0 radical (unpaired) electrons. The number of para-hydroxylation sites is 1. The standard InChI is InChI=1S/C22H26N2O4/c1-27-13-12-24-20(25)14-18(21(24)16-8-4-3-5-9-16)22(26)23-15-17-10-6-7-11-19(17)28-2/h3-11,18,21H,12-15H2,1-2H3,(H,23,26)/t18-,21+/m1/s1. The van der Waals surface area contributed by atoms with E-state index < -0.39 is 5.92 Å². The summed E-state index contributed by atoms with van der Waals surface area (Å²) in [5, 5.41) is 2.98. The zero-order chi connectivity index (χ0) is 19.9. The van der Waals surface area contributed by atoms with Crippen molar-refractivity contribution in [3.05, 3.63) is 65.7 Å². The van der Waals surface area contributed by atoms with Crippen molar-refractivity contribution < 1.29 is 19.1 Å². The number of hydrogen-bond donors (Lipinski definition) is 1. The molecule has 0 saturated carbocycles. The fourth-order valence-corrected chi connectivity index (χ4v) is 3.70. The van der Waals surface area contributed by atoms with Gasteiger partial charge in [0.2, 0.25) is 11.8 Å². The number of carbonyl (C=O) groups is 2. The van der Waals surface area contributed by atoms with E-state index in [-0.39, 0.29) is 24.3 Å². The first kappa shape index (κ1) is 19.9. The maximum atomic E-state index is 13.0. The Labute approximate surface area is 165 Å². The first-order chi connectivity index (χ1) is 13.7. The molecule has 3 rings (SSSR count). The molecule has 0 unspecified atom stereocenters. The van der Waals surface area contributed by atoms with Crippen molar-refractivity contribution >= 4 is 11.8 Å².